The van der Waals surface area contributed by atoms with Crippen LogP contribution in [0.1, 0.15) is 42.7 Å². The molecular formula is C25H29N3O3. The Morgan fingerprint density at radius 2 is 1.84 bits per heavy atom. The Bertz CT molecular complexity index is 1100. The summed E-state index contributed by atoms with van der Waals surface area (Å²) in [5.41, 5.74) is 5.00. The molecule has 1 aliphatic rings. The van der Waals surface area contributed by atoms with Crippen LogP contribution in [0.25, 0.3) is 11.0 Å². The molecule has 0 radical (unpaired) electrons. The van der Waals surface area contributed by atoms with E-state index in [9.17, 15) is 9.90 Å². The van der Waals surface area contributed by atoms with Crippen molar-refractivity contribution in [1.82, 2.24) is 10.3 Å². The zero-order valence-corrected chi connectivity index (χ0v) is 17.9. The van der Waals surface area contributed by atoms with Crippen molar-refractivity contribution in [3.63, 3.8) is 0 Å². The summed E-state index contributed by atoms with van der Waals surface area (Å²) >= 11 is 0. The van der Waals surface area contributed by atoms with Gasteiger partial charge in [0.2, 0.25) is 0 Å². The fraction of sp³-hybridized carbons (Fsp3) is 0.360. The molecule has 0 bridgehead atoms. The van der Waals surface area contributed by atoms with Gasteiger partial charge in [-0.3, -0.25) is 0 Å². The Labute approximate surface area is 182 Å². The second-order valence-electron chi connectivity index (χ2n) is 8.02. The van der Waals surface area contributed by atoms with Crippen LogP contribution in [0.15, 0.2) is 68.9 Å². The molecule has 4 rings (SSSR count). The van der Waals surface area contributed by atoms with Crippen molar-refractivity contribution in [3.8, 4) is 5.75 Å². The minimum atomic E-state index is -0.506. The van der Waals surface area contributed by atoms with Crippen molar-refractivity contribution in [2.24, 2.45) is 5.10 Å². The smallest absolute Gasteiger partial charge is 0.343 e. The molecular weight excluding hydrogens is 390 g/mol. The van der Waals surface area contributed by atoms with Gasteiger partial charge >= 0.3 is 5.63 Å². The van der Waals surface area contributed by atoms with Gasteiger partial charge in [-0.1, -0.05) is 42.5 Å². The number of para-hydroxylation sites is 1. The molecule has 6 nitrogen and oxygen atoms in total. The molecule has 2 aromatic carbocycles. The minimum Gasteiger partial charge on any atom is -0.507 e. The van der Waals surface area contributed by atoms with Gasteiger partial charge in [-0.05, 0) is 50.0 Å². The molecule has 0 unspecified atom stereocenters. The fourth-order valence-electron chi connectivity index (χ4n) is 4.42. The maximum Gasteiger partial charge on any atom is 0.343 e. The fourth-order valence-corrected chi connectivity index (χ4v) is 4.42. The van der Waals surface area contributed by atoms with E-state index in [2.05, 4.69) is 15.4 Å². The van der Waals surface area contributed by atoms with Crippen LogP contribution in [-0.2, 0) is 0 Å². The first-order valence-corrected chi connectivity index (χ1v) is 10.9. The van der Waals surface area contributed by atoms with Crippen molar-refractivity contribution in [1.29, 1.82) is 0 Å². The lowest BCUT2D eigenvalue weighted by Gasteiger charge is -2.21. The molecule has 31 heavy (non-hydrogen) atoms. The quantitative estimate of drug-likeness (QED) is 0.327. The molecule has 0 amide bonds. The monoisotopic (exact) mass is 419 g/mol. The van der Waals surface area contributed by atoms with E-state index in [0.717, 1.165) is 37.3 Å². The summed E-state index contributed by atoms with van der Waals surface area (Å²) in [7, 11) is 1.79. The molecule has 0 spiro atoms. The van der Waals surface area contributed by atoms with Crippen molar-refractivity contribution < 1.29 is 9.52 Å². The largest absolute Gasteiger partial charge is 0.507 e. The lowest BCUT2D eigenvalue weighted by atomic mass is 9.86. The lowest BCUT2D eigenvalue weighted by Crippen LogP contribution is -2.25. The number of benzene rings is 2. The van der Waals surface area contributed by atoms with Gasteiger partial charge in [0, 0.05) is 31.6 Å². The summed E-state index contributed by atoms with van der Waals surface area (Å²) in [6, 6.07) is 16.9. The predicted octanol–water partition coefficient (Wildman–Crippen LogP) is 4.08. The Hall–Kier alpha value is -3.12. The van der Waals surface area contributed by atoms with Crippen LogP contribution in [0.3, 0.4) is 0 Å². The van der Waals surface area contributed by atoms with E-state index in [1.165, 1.54) is 12.8 Å². The lowest BCUT2D eigenvalue weighted by molar-refractivity contribution is 0.348. The molecule has 2 heterocycles. The van der Waals surface area contributed by atoms with E-state index in [4.69, 9.17) is 4.42 Å². The molecule has 1 aliphatic heterocycles. The van der Waals surface area contributed by atoms with E-state index in [1.54, 1.807) is 25.2 Å². The zero-order chi connectivity index (χ0) is 21.6. The number of nitrogens with one attached hydrogen (secondary N) is 1. The summed E-state index contributed by atoms with van der Waals surface area (Å²) in [6.07, 6.45) is 3.83. The topological polar surface area (TPSA) is 78.1 Å². The van der Waals surface area contributed by atoms with Gasteiger partial charge < -0.3 is 19.8 Å². The third kappa shape index (κ3) is 4.80. The zero-order valence-electron chi connectivity index (χ0n) is 17.9. The standard InChI is InChI=1S/C25H29N3O3/c1-26-27-19(13-16-28-14-7-8-15-28)17-21(18-9-3-2-4-10-18)23-24(29)20-11-5-6-12-22(20)31-25(23)30/h2-6,9-12,21,26,29H,7-8,13-17H2,1H3/b27-19+/t21-/m1/s1. The Kier molecular flexibility index (Phi) is 6.67. The summed E-state index contributed by atoms with van der Waals surface area (Å²) in [5.74, 6) is -0.364. The van der Waals surface area contributed by atoms with E-state index in [1.807, 2.05) is 36.4 Å². The maximum atomic E-state index is 13.0. The highest BCUT2D eigenvalue weighted by Crippen LogP contribution is 2.36. The average molecular weight is 420 g/mol. The van der Waals surface area contributed by atoms with Gasteiger partial charge in [0.15, 0.2) is 0 Å². The third-order valence-electron chi connectivity index (χ3n) is 6.00. The molecule has 1 fully saturated rings. The van der Waals surface area contributed by atoms with E-state index in [-0.39, 0.29) is 17.2 Å². The van der Waals surface area contributed by atoms with Gasteiger partial charge in [0.05, 0.1) is 10.9 Å². The first kappa shape index (κ1) is 21.1. The van der Waals surface area contributed by atoms with Crippen LogP contribution in [0.5, 0.6) is 5.75 Å². The van der Waals surface area contributed by atoms with Crippen molar-refractivity contribution >= 4 is 16.7 Å². The number of likely N-dealkylation sites (tertiary alicyclic amines) is 1. The van der Waals surface area contributed by atoms with E-state index < -0.39 is 5.63 Å². The molecule has 2 N–H and O–H groups in total. The Balaban J connectivity index is 1.72. The number of nitrogens with zero attached hydrogens (tertiary/aromatic N) is 2. The summed E-state index contributed by atoms with van der Waals surface area (Å²) < 4.78 is 5.58. The van der Waals surface area contributed by atoms with Gasteiger partial charge in [0.1, 0.15) is 11.3 Å². The van der Waals surface area contributed by atoms with Crippen molar-refractivity contribution in [2.75, 3.05) is 26.7 Å². The Morgan fingerprint density at radius 3 is 2.58 bits per heavy atom. The first-order chi connectivity index (χ1) is 15.2. The third-order valence-corrected chi connectivity index (χ3v) is 6.00. The molecule has 1 atom stereocenters. The summed E-state index contributed by atoms with van der Waals surface area (Å²) in [5, 5.41) is 16.2. The molecule has 1 aromatic heterocycles. The predicted molar refractivity (Wildman–Crippen MR) is 124 cm³/mol. The summed E-state index contributed by atoms with van der Waals surface area (Å²) in [4.78, 5) is 15.4. The molecule has 6 heteroatoms. The average Bonchev–Trinajstić information content (AvgIpc) is 3.31. The first-order valence-electron chi connectivity index (χ1n) is 10.9. The molecule has 0 saturated carbocycles. The number of hydrazone groups is 1. The highest BCUT2D eigenvalue weighted by molar-refractivity contribution is 5.87. The van der Waals surface area contributed by atoms with Crippen LogP contribution in [0.4, 0.5) is 0 Å². The molecule has 0 aliphatic carbocycles. The van der Waals surface area contributed by atoms with Crippen LogP contribution in [0, 0.1) is 0 Å². The SMILES string of the molecule is CN/N=C(\CCN1CCCC1)C[C@H](c1ccccc1)c1c(O)c2ccccc2oc1=O. The molecule has 162 valence electrons. The molecule has 3 aromatic rings. The van der Waals surface area contributed by atoms with Gasteiger partial charge in [-0.2, -0.15) is 5.10 Å². The van der Waals surface area contributed by atoms with Crippen LogP contribution in [0.2, 0.25) is 0 Å². The Morgan fingerprint density at radius 1 is 1.13 bits per heavy atom. The van der Waals surface area contributed by atoms with Crippen molar-refractivity contribution in [2.45, 2.75) is 31.6 Å². The van der Waals surface area contributed by atoms with Crippen LogP contribution >= 0.6 is 0 Å². The van der Waals surface area contributed by atoms with Gasteiger partial charge in [-0.25, -0.2) is 4.79 Å². The van der Waals surface area contributed by atoms with E-state index in [0.29, 0.717) is 17.4 Å². The second kappa shape index (κ2) is 9.79. The van der Waals surface area contributed by atoms with Gasteiger partial charge in [-0.15, -0.1) is 0 Å². The highest BCUT2D eigenvalue weighted by Gasteiger charge is 2.26. The highest BCUT2D eigenvalue weighted by atomic mass is 16.4. The second-order valence-corrected chi connectivity index (χ2v) is 8.02. The number of aromatic hydroxyl groups is 1. The van der Waals surface area contributed by atoms with Crippen molar-refractivity contribution in [3.05, 3.63) is 76.1 Å². The normalized spacial score (nSPS) is 16.0. The maximum absolute atomic E-state index is 13.0. The summed E-state index contributed by atoms with van der Waals surface area (Å²) in [6.45, 7) is 3.20. The minimum absolute atomic E-state index is 0.0101. The van der Waals surface area contributed by atoms with Gasteiger partial charge in [0.25, 0.3) is 0 Å². The number of fused-ring (bicyclic) bond motifs is 1. The number of rotatable bonds is 8. The number of hydrogen-bond donors (Lipinski definition) is 2. The van der Waals surface area contributed by atoms with Crippen LogP contribution < -0.4 is 11.1 Å². The number of hydrogen-bond acceptors (Lipinski definition) is 6. The van der Waals surface area contributed by atoms with E-state index >= 15 is 0 Å². The van der Waals surface area contributed by atoms with Crippen LogP contribution in [-0.4, -0.2) is 42.4 Å². The molecule has 1 saturated heterocycles.